The Kier molecular flexibility index (Phi) is 2.78. The number of hydrogen-bond donors (Lipinski definition) is 1. The molecule has 1 aliphatic heterocycles. The van der Waals surface area contributed by atoms with Crippen LogP contribution in [-0.4, -0.2) is 32.8 Å². The molecule has 1 unspecified atom stereocenters. The van der Waals surface area contributed by atoms with Gasteiger partial charge < -0.3 is 5.11 Å². The van der Waals surface area contributed by atoms with Crippen molar-refractivity contribution in [3.05, 3.63) is 47.8 Å². The molecule has 0 saturated carbocycles. The van der Waals surface area contributed by atoms with Crippen LogP contribution in [0.25, 0.3) is 0 Å². The number of amides is 1. The van der Waals surface area contributed by atoms with Gasteiger partial charge in [-0.05, 0) is 11.6 Å². The maximum absolute atomic E-state index is 12.5. The first-order valence-electron chi connectivity index (χ1n) is 6.21. The summed E-state index contributed by atoms with van der Waals surface area (Å²) in [6.45, 7) is 0. The van der Waals surface area contributed by atoms with Gasteiger partial charge in [0.2, 0.25) is 0 Å². The monoisotopic (exact) mass is 271 g/mol. The van der Waals surface area contributed by atoms with Gasteiger partial charge in [-0.1, -0.05) is 18.2 Å². The van der Waals surface area contributed by atoms with E-state index in [1.807, 2.05) is 12.1 Å². The lowest BCUT2D eigenvalue weighted by Crippen LogP contribution is -2.42. The number of aromatic nitrogens is 2. The second-order valence-corrected chi connectivity index (χ2v) is 4.76. The molecule has 0 aliphatic carbocycles. The fraction of sp³-hybridized carbons (Fsp3) is 0.214. The van der Waals surface area contributed by atoms with Crippen molar-refractivity contribution in [3.8, 4) is 0 Å². The largest absolute Gasteiger partial charge is 0.480 e. The zero-order valence-electron chi connectivity index (χ0n) is 10.9. The van der Waals surface area contributed by atoms with Gasteiger partial charge in [0.05, 0.1) is 11.8 Å². The summed E-state index contributed by atoms with van der Waals surface area (Å²) in [6.07, 6.45) is 3.36. The van der Waals surface area contributed by atoms with Crippen molar-refractivity contribution in [3.63, 3.8) is 0 Å². The van der Waals surface area contributed by atoms with E-state index in [-0.39, 0.29) is 5.91 Å². The van der Waals surface area contributed by atoms with E-state index in [1.165, 1.54) is 15.8 Å². The number of para-hydroxylation sites is 1. The van der Waals surface area contributed by atoms with Crippen LogP contribution in [0.3, 0.4) is 0 Å². The predicted molar refractivity (Wildman–Crippen MR) is 71.6 cm³/mol. The Morgan fingerprint density at radius 1 is 1.35 bits per heavy atom. The first-order chi connectivity index (χ1) is 9.58. The molecule has 2 heterocycles. The molecule has 20 heavy (non-hydrogen) atoms. The molecule has 3 rings (SSSR count). The fourth-order valence-corrected chi connectivity index (χ4v) is 2.51. The van der Waals surface area contributed by atoms with Gasteiger partial charge in [0.1, 0.15) is 6.04 Å². The minimum absolute atomic E-state index is 0.331. The fourth-order valence-electron chi connectivity index (χ4n) is 2.51. The van der Waals surface area contributed by atoms with Crippen LogP contribution in [0.4, 0.5) is 5.69 Å². The molecule has 0 radical (unpaired) electrons. The maximum atomic E-state index is 12.5. The normalized spacial score (nSPS) is 17.1. The molecule has 1 aromatic heterocycles. The molecule has 6 nitrogen and oxygen atoms in total. The SMILES string of the molecule is Cn1cc(C(=O)N2c3ccccc3CC2C(=O)O)cn1. The summed E-state index contributed by atoms with van der Waals surface area (Å²) in [4.78, 5) is 25.3. The summed E-state index contributed by atoms with van der Waals surface area (Å²) in [6, 6.07) is 6.40. The molecule has 6 heteroatoms. The quantitative estimate of drug-likeness (QED) is 0.886. The Morgan fingerprint density at radius 3 is 2.75 bits per heavy atom. The van der Waals surface area contributed by atoms with Crippen LogP contribution >= 0.6 is 0 Å². The third kappa shape index (κ3) is 1.85. The molecule has 0 saturated heterocycles. The van der Waals surface area contributed by atoms with Gasteiger partial charge in [-0.15, -0.1) is 0 Å². The van der Waals surface area contributed by atoms with Crippen molar-refractivity contribution in [2.24, 2.45) is 7.05 Å². The highest BCUT2D eigenvalue weighted by Crippen LogP contribution is 2.33. The van der Waals surface area contributed by atoms with Crippen LogP contribution in [0.1, 0.15) is 15.9 Å². The van der Waals surface area contributed by atoms with Gasteiger partial charge >= 0.3 is 5.97 Å². The zero-order chi connectivity index (χ0) is 14.3. The lowest BCUT2D eigenvalue weighted by atomic mass is 10.1. The molecule has 1 N–H and O–H groups in total. The van der Waals surface area contributed by atoms with Gasteiger partial charge in [0.25, 0.3) is 5.91 Å². The van der Waals surface area contributed by atoms with Gasteiger partial charge in [-0.2, -0.15) is 5.10 Å². The number of carboxylic acids is 1. The zero-order valence-corrected chi connectivity index (χ0v) is 10.9. The lowest BCUT2D eigenvalue weighted by Gasteiger charge is -2.21. The van der Waals surface area contributed by atoms with Crippen LogP contribution in [0.15, 0.2) is 36.7 Å². The van der Waals surface area contributed by atoms with E-state index in [4.69, 9.17) is 0 Å². The number of nitrogens with zero attached hydrogens (tertiary/aromatic N) is 3. The molecule has 1 aromatic carbocycles. The van der Waals surface area contributed by atoms with E-state index >= 15 is 0 Å². The molecule has 102 valence electrons. The lowest BCUT2D eigenvalue weighted by molar-refractivity contribution is -0.138. The molecule has 1 aliphatic rings. The second kappa shape index (κ2) is 4.48. The van der Waals surface area contributed by atoms with Crippen molar-refractivity contribution >= 4 is 17.6 Å². The highest BCUT2D eigenvalue weighted by atomic mass is 16.4. The molecule has 0 fully saturated rings. The van der Waals surface area contributed by atoms with Gasteiger partial charge in [0, 0.05) is 25.4 Å². The highest BCUT2D eigenvalue weighted by Gasteiger charge is 2.38. The number of carboxylic acid groups (broad SMARTS) is 1. The number of aliphatic carboxylic acids is 1. The minimum Gasteiger partial charge on any atom is -0.480 e. The number of carbonyl (C=O) groups is 2. The molecule has 2 aromatic rings. The molecule has 1 atom stereocenters. The molecule has 1 amide bonds. The van der Waals surface area contributed by atoms with Crippen molar-refractivity contribution in [2.45, 2.75) is 12.5 Å². The van der Waals surface area contributed by atoms with Crippen LogP contribution in [-0.2, 0) is 18.3 Å². The molecular formula is C14H13N3O3. The van der Waals surface area contributed by atoms with E-state index in [2.05, 4.69) is 5.10 Å². The minimum atomic E-state index is -1.00. The van der Waals surface area contributed by atoms with E-state index in [0.29, 0.717) is 17.7 Å². The molecular weight excluding hydrogens is 258 g/mol. The van der Waals surface area contributed by atoms with Crippen LogP contribution in [0.2, 0.25) is 0 Å². The summed E-state index contributed by atoms with van der Waals surface area (Å²) in [5, 5.41) is 13.3. The van der Waals surface area contributed by atoms with Crippen LogP contribution < -0.4 is 4.90 Å². The van der Waals surface area contributed by atoms with E-state index in [1.54, 1.807) is 25.4 Å². The number of hydrogen-bond acceptors (Lipinski definition) is 3. The number of benzene rings is 1. The van der Waals surface area contributed by atoms with Crippen molar-refractivity contribution in [1.82, 2.24) is 9.78 Å². The average Bonchev–Trinajstić information content (AvgIpc) is 3.01. The van der Waals surface area contributed by atoms with E-state index < -0.39 is 12.0 Å². The molecule has 0 bridgehead atoms. The smallest absolute Gasteiger partial charge is 0.327 e. The van der Waals surface area contributed by atoms with Crippen molar-refractivity contribution in [2.75, 3.05) is 4.90 Å². The third-order valence-corrected chi connectivity index (χ3v) is 3.43. The second-order valence-electron chi connectivity index (χ2n) is 4.76. The first kappa shape index (κ1) is 12.4. The Hall–Kier alpha value is -2.63. The van der Waals surface area contributed by atoms with Gasteiger partial charge in [-0.3, -0.25) is 14.4 Å². The highest BCUT2D eigenvalue weighted by molar-refractivity contribution is 6.10. The summed E-state index contributed by atoms with van der Waals surface area (Å²) < 4.78 is 1.52. The summed E-state index contributed by atoms with van der Waals surface area (Å²) in [5.41, 5.74) is 1.92. The topological polar surface area (TPSA) is 75.4 Å². The van der Waals surface area contributed by atoms with E-state index in [0.717, 1.165) is 5.56 Å². The number of rotatable bonds is 2. The Labute approximate surface area is 115 Å². The summed E-state index contributed by atoms with van der Waals surface area (Å²) >= 11 is 0. The number of carbonyl (C=O) groups excluding carboxylic acids is 1. The van der Waals surface area contributed by atoms with Crippen LogP contribution in [0, 0.1) is 0 Å². The number of fused-ring (bicyclic) bond motifs is 1. The summed E-state index contributed by atoms with van der Waals surface area (Å²) in [7, 11) is 1.71. The van der Waals surface area contributed by atoms with Gasteiger partial charge in [-0.25, -0.2) is 4.79 Å². The Bertz CT molecular complexity index is 692. The van der Waals surface area contributed by atoms with Crippen molar-refractivity contribution < 1.29 is 14.7 Å². The Balaban J connectivity index is 2.04. The number of anilines is 1. The number of aryl methyl sites for hydroxylation is 1. The Morgan fingerprint density at radius 2 is 2.10 bits per heavy atom. The van der Waals surface area contributed by atoms with Crippen molar-refractivity contribution in [1.29, 1.82) is 0 Å². The standard InChI is InChI=1S/C14H13N3O3/c1-16-8-10(7-15-16)13(18)17-11-5-3-2-4-9(11)6-12(17)14(19)20/h2-5,7-8,12H,6H2,1H3,(H,19,20). The van der Waals surface area contributed by atoms with Crippen LogP contribution in [0.5, 0.6) is 0 Å². The van der Waals surface area contributed by atoms with Gasteiger partial charge in [0.15, 0.2) is 0 Å². The predicted octanol–water partition coefficient (Wildman–Crippen LogP) is 1.08. The average molecular weight is 271 g/mol. The van der Waals surface area contributed by atoms with E-state index in [9.17, 15) is 14.7 Å². The summed E-state index contributed by atoms with van der Waals surface area (Å²) in [5.74, 6) is -1.34. The molecule has 0 spiro atoms. The third-order valence-electron chi connectivity index (χ3n) is 3.43. The first-order valence-corrected chi connectivity index (χ1v) is 6.21. The maximum Gasteiger partial charge on any atom is 0.327 e.